The molecule has 0 radical (unpaired) electrons. The maximum atomic E-state index is 13.6. The number of ether oxygens (including phenoxy) is 1. The van der Waals surface area contributed by atoms with Crippen LogP contribution in [0.4, 0.5) is 10.5 Å². The summed E-state index contributed by atoms with van der Waals surface area (Å²) in [6.07, 6.45) is 0.802. The Bertz CT molecular complexity index is 1180. The third-order valence-electron chi connectivity index (χ3n) is 6.14. The highest BCUT2D eigenvalue weighted by Crippen LogP contribution is 2.34. The summed E-state index contributed by atoms with van der Waals surface area (Å²) in [6.45, 7) is 7.49. The van der Waals surface area contributed by atoms with Crippen molar-refractivity contribution in [2.24, 2.45) is 5.92 Å². The van der Waals surface area contributed by atoms with E-state index in [2.05, 4.69) is 16.8 Å². The van der Waals surface area contributed by atoms with Crippen LogP contribution in [0.1, 0.15) is 35.9 Å². The van der Waals surface area contributed by atoms with E-state index in [-0.39, 0.29) is 30.4 Å². The van der Waals surface area contributed by atoms with Gasteiger partial charge in [-0.25, -0.2) is 4.79 Å². The van der Waals surface area contributed by atoms with Gasteiger partial charge in [-0.15, -0.1) is 11.3 Å². The number of thiophene rings is 1. The van der Waals surface area contributed by atoms with Gasteiger partial charge in [-0.2, -0.15) is 0 Å². The molecule has 0 unspecified atom stereocenters. The van der Waals surface area contributed by atoms with E-state index in [1.54, 1.807) is 28.4 Å². The first-order valence-electron chi connectivity index (χ1n) is 12.2. The van der Waals surface area contributed by atoms with Gasteiger partial charge in [0.05, 0.1) is 6.04 Å². The Morgan fingerprint density at radius 3 is 2.56 bits per heavy atom. The number of hydrogen-bond acceptors (Lipinski definition) is 4. The molecule has 36 heavy (non-hydrogen) atoms. The van der Waals surface area contributed by atoms with Crippen molar-refractivity contribution < 1.29 is 14.3 Å². The molecule has 3 aromatic rings. The zero-order valence-corrected chi connectivity index (χ0v) is 22.4. The molecule has 2 heterocycles. The zero-order valence-electron chi connectivity index (χ0n) is 20.9. The SMILES string of the molecule is Cc1ccc(NC(=O)N(CC(=O)N2CCc3sccc3[C@@H]2COc2ccc(Cl)cc2)CC(C)C)cc1. The predicted octanol–water partition coefficient (Wildman–Crippen LogP) is 6.40. The second kappa shape index (κ2) is 11.8. The van der Waals surface area contributed by atoms with Gasteiger partial charge in [0.15, 0.2) is 0 Å². The summed E-state index contributed by atoms with van der Waals surface area (Å²) in [4.78, 5) is 31.5. The number of anilines is 1. The van der Waals surface area contributed by atoms with Crippen molar-refractivity contribution in [2.75, 3.05) is 31.6 Å². The smallest absolute Gasteiger partial charge is 0.322 e. The average Bonchev–Trinajstić information content (AvgIpc) is 3.33. The van der Waals surface area contributed by atoms with Crippen molar-refractivity contribution in [1.29, 1.82) is 0 Å². The quantitative estimate of drug-likeness (QED) is 0.370. The second-order valence-electron chi connectivity index (χ2n) is 9.49. The molecule has 0 saturated heterocycles. The topological polar surface area (TPSA) is 61.9 Å². The van der Waals surface area contributed by atoms with Crippen molar-refractivity contribution in [3.8, 4) is 5.75 Å². The minimum Gasteiger partial charge on any atom is -0.491 e. The highest BCUT2D eigenvalue weighted by atomic mass is 35.5. The predicted molar refractivity (Wildman–Crippen MR) is 146 cm³/mol. The Morgan fingerprint density at radius 1 is 1.14 bits per heavy atom. The Morgan fingerprint density at radius 2 is 1.86 bits per heavy atom. The molecule has 1 atom stereocenters. The van der Waals surface area contributed by atoms with Gasteiger partial charge >= 0.3 is 6.03 Å². The van der Waals surface area contributed by atoms with E-state index in [9.17, 15) is 9.59 Å². The molecule has 0 spiro atoms. The molecule has 4 rings (SSSR count). The van der Waals surface area contributed by atoms with E-state index in [1.165, 1.54) is 4.88 Å². The van der Waals surface area contributed by atoms with E-state index in [0.29, 0.717) is 36.2 Å². The lowest BCUT2D eigenvalue weighted by Crippen LogP contribution is -2.49. The molecule has 0 aliphatic carbocycles. The van der Waals surface area contributed by atoms with Crippen molar-refractivity contribution >= 4 is 40.6 Å². The molecule has 0 fully saturated rings. The van der Waals surface area contributed by atoms with Crippen LogP contribution >= 0.6 is 22.9 Å². The van der Waals surface area contributed by atoms with Gasteiger partial charge in [0.25, 0.3) is 0 Å². The van der Waals surface area contributed by atoms with Crippen LogP contribution in [0.2, 0.25) is 5.02 Å². The van der Waals surface area contributed by atoms with E-state index in [1.807, 2.05) is 62.1 Å². The number of carbonyl (C=O) groups is 2. The molecule has 190 valence electrons. The Balaban J connectivity index is 1.48. The fraction of sp³-hybridized carbons (Fsp3) is 0.357. The minimum atomic E-state index is -0.275. The standard InChI is InChI=1S/C28H32ClN3O3S/c1-19(2)16-31(28(34)30-22-8-4-20(3)5-9-22)17-27(33)32-14-12-26-24(13-15-36-26)25(32)18-35-23-10-6-21(29)7-11-23/h4-11,13,15,19,25H,12,14,16-18H2,1-3H3,(H,30,34)/t25-/m0/s1. The maximum Gasteiger partial charge on any atom is 0.322 e. The van der Waals surface area contributed by atoms with Gasteiger partial charge in [-0.05, 0) is 72.7 Å². The van der Waals surface area contributed by atoms with Crippen LogP contribution in [0.5, 0.6) is 5.75 Å². The van der Waals surface area contributed by atoms with Gasteiger partial charge in [-0.1, -0.05) is 43.1 Å². The lowest BCUT2D eigenvalue weighted by atomic mass is 10.0. The summed E-state index contributed by atoms with van der Waals surface area (Å²) in [6, 6.07) is 16.4. The van der Waals surface area contributed by atoms with Crippen LogP contribution in [-0.4, -0.2) is 48.0 Å². The molecule has 6 nitrogen and oxygen atoms in total. The van der Waals surface area contributed by atoms with Crippen molar-refractivity contribution in [3.05, 3.63) is 81.0 Å². The number of nitrogens with one attached hydrogen (secondary N) is 1. The molecule has 1 aliphatic rings. The summed E-state index contributed by atoms with van der Waals surface area (Å²) >= 11 is 7.71. The number of fused-ring (bicyclic) bond motifs is 1. The lowest BCUT2D eigenvalue weighted by Gasteiger charge is -2.37. The van der Waals surface area contributed by atoms with Crippen LogP contribution in [0, 0.1) is 12.8 Å². The molecule has 8 heteroatoms. The Hall–Kier alpha value is -3.03. The number of urea groups is 1. The summed E-state index contributed by atoms with van der Waals surface area (Å²) in [5.74, 6) is 0.833. The number of aryl methyl sites for hydroxylation is 1. The van der Waals surface area contributed by atoms with Gasteiger partial charge < -0.3 is 19.9 Å². The monoisotopic (exact) mass is 525 g/mol. The van der Waals surface area contributed by atoms with Crippen molar-refractivity contribution in [3.63, 3.8) is 0 Å². The van der Waals surface area contributed by atoms with E-state index in [0.717, 1.165) is 17.5 Å². The third-order valence-corrected chi connectivity index (χ3v) is 7.39. The molecule has 0 bridgehead atoms. The van der Waals surface area contributed by atoms with Crippen LogP contribution in [0.15, 0.2) is 60.0 Å². The van der Waals surface area contributed by atoms with E-state index in [4.69, 9.17) is 16.3 Å². The fourth-order valence-electron chi connectivity index (χ4n) is 4.33. The molecule has 2 aromatic carbocycles. The molecular formula is C28H32ClN3O3S. The maximum absolute atomic E-state index is 13.6. The number of nitrogens with zero attached hydrogens (tertiary/aromatic N) is 2. The van der Waals surface area contributed by atoms with E-state index >= 15 is 0 Å². The van der Waals surface area contributed by atoms with Gasteiger partial charge in [-0.3, -0.25) is 4.79 Å². The summed E-state index contributed by atoms with van der Waals surface area (Å²) in [7, 11) is 0. The van der Waals surface area contributed by atoms with Gasteiger partial charge in [0, 0.05) is 28.7 Å². The van der Waals surface area contributed by atoms with Crippen LogP contribution < -0.4 is 10.1 Å². The minimum absolute atomic E-state index is 0.00674. The highest BCUT2D eigenvalue weighted by Gasteiger charge is 2.33. The lowest BCUT2D eigenvalue weighted by molar-refractivity contribution is -0.135. The third kappa shape index (κ3) is 6.59. The number of halogens is 1. The number of amides is 3. The Kier molecular flexibility index (Phi) is 8.54. The molecule has 1 N–H and O–H groups in total. The zero-order chi connectivity index (χ0) is 25.7. The summed E-state index contributed by atoms with van der Waals surface area (Å²) < 4.78 is 6.07. The largest absolute Gasteiger partial charge is 0.491 e. The fourth-order valence-corrected chi connectivity index (χ4v) is 5.39. The Labute approximate surface area is 221 Å². The number of carbonyl (C=O) groups excluding carboxylic acids is 2. The van der Waals surface area contributed by atoms with Crippen LogP contribution in [0.3, 0.4) is 0 Å². The van der Waals surface area contributed by atoms with Crippen molar-refractivity contribution in [2.45, 2.75) is 33.2 Å². The number of hydrogen-bond donors (Lipinski definition) is 1. The molecule has 3 amide bonds. The first-order valence-corrected chi connectivity index (χ1v) is 13.4. The molecule has 1 aliphatic heterocycles. The molecular weight excluding hydrogens is 494 g/mol. The number of benzene rings is 2. The van der Waals surface area contributed by atoms with E-state index < -0.39 is 0 Å². The van der Waals surface area contributed by atoms with Crippen molar-refractivity contribution in [1.82, 2.24) is 9.80 Å². The first kappa shape index (κ1) is 26.0. The summed E-state index contributed by atoms with van der Waals surface area (Å²) in [5.41, 5.74) is 2.95. The first-order chi connectivity index (χ1) is 17.3. The molecule has 1 aromatic heterocycles. The highest BCUT2D eigenvalue weighted by molar-refractivity contribution is 7.10. The van der Waals surface area contributed by atoms with Gasteiger partial charge in [0.2, 0.25) is 5.91 Å². The van der Waals surface area contributed by atoms with Gasteiger partial charge in [0.1, 0.15) is 18.9 Å². The normalized spacial score (nSPS) is 14.9. The number of rotatable bonds is 8. The van der Waals surface area contributed by atoms with Crippen LogP contribution in [0.25, 0.3) is 0 Å². The second-order valence-corrected chi connectivity index (χ2v) is 10.9. The summed E-state index contributed by atoms with van der Waals surface area (Å²) in [5, 5.41) is 5.65. The average molecular weight is 526 g/mol. The molecule has 0 saturated carbocycles. The van der Waals surface area contributed by atoms with Crippen LogP contribution in [-0.2, 0) is 11.2 Å².